The van der Waals surface area contributed by atoms with Gasteiger partial charge < -0.3 is 10.5 Å². The Kier molecular flexibility index (Phi) is 5.50. The van der Waals surface area contributed by atoms with Crippen molar-refractivity contribution in [3.05, 3.63) is 95.0 Å². The maximum absolute atomic E-state index is 6.31. The zero-order chi connectivity index (χ0) is 21.1. The molecule has 0 spiro atoms. The fourth-order valence-corrected chi connectivity index (χ4v) is 3.58. The normalized spacial score (nSPS) is 10.6. The SMILES string of the molecule is NC(=[NH2+])c1c(N)cc(-c2cccc(Br)c2)nc1-c1ccc(Oc2ccccc2)cc1. The molecule has 0 saturated carbocycles. The van der Waals surface area contributed by atoms with E-state index >= 15 is 0 Å². The molecule has 0 unspecified atom stereocenters. The van der Waals surface area contributed by atoms with Crippen LogP contribution in [0.4, 0.5) is 5.69 Å². The zero-order valence-corrected chi connectivity index (χ0v) is 17.6. The van der Waals surface area contributed by atoms with Gasteiger partial charge in [-0.25, -0.2) is 4.98 Å². The van der Waals surface area contributed by atoms with Crippen LogP contribution in [0.1, 0.15) is 5.56 Å². The summed E-state index contributed by atoms with van der Waals surface area (Å²) in [5.74, 6) is 1.61. The number of nitrogens with zero attached hydrogens (tertiary/aromatic N) is 1. The maximum Gasteiger partial charge on any atom is 0.275 e. The van der Waals surface area contributed by atoms with Crippen molar-refractivity contribution in [1.29, 1.82) is 0 Å². The van der Waals surface area contributed by atoms with Crippen LogP contribution < -0.4 is 21.6 Å². The average molecular weight is 460 g/mol. The zero-order valence-electron chi connectivity index (χ0n) is 16.0. The molecule has 3 aromatic carbocycles. The molecule has 6 heteroatoms. The molecule has 0 radical (unpaired) electrons. The molecule has 0 aliphatic heterocycles. The van der Waals surface area contributed by atoms with Gasteiger partial charge in [0.25, 0.3) is 5.84 Å². The van der Waals surface area contributed by atoms with E-state index in [2.05, 4.69) is 15.9 Å². The first-order valence-corrected chi connectivity index (χ1v) is 10.1. The van der Waals surface area contributed by atoms with Crippen LogP contribution in [0, 0.1) is 0 Å². The minimum atomic E-state index is 0.125. The Hall–Kier alpha value is -3.64. The number of para-hydroxylation sites is 1. The summed E-state index contributed by atoms with van der Waals surface area (Å²) in [5.41, 5.74) is 16.4. The summed E-state index contributed by atoms with van der Waals surface area (Å²) in [7, 11) is 0. The summed E-state index contributed by atoms with van der Waals surface area (Å²) in [6, 6.07) is 26.8. The molecule has 0 saturated heterocycles. The van der Waals surface area contributed by atoms with E-state index in [9.17, 15) is 0 Å². The third kappa shape index (κ3) is 4.18. The lowest BCUT2D eigenvalue weighted by molar-refractivity contribution is -0.114. The quantitative estimate of drug-likeness (QED) is 0.310. The van der Waals surface area contributed by atoms with Crippen LogP contribution in [-0.4, -0.2) is 10.8 Å². The van der Waals surface area contributed by atoms with Gasteiger partial charge in [0.15, 0.2) is 0 Å². The number of amidine groups is 1. The van der Waals surface area contributed by atoms with Crippen molar-refractivity contribution in [2.45, 2.75) is 0 Å². The molecular weight excluding hydrogens is 440 g/mol. The van der Waals surface area contributed by atoms with Gasteiger partial charge in [0.05, 0.1) is 17.1 Å². The molecule has 0 atom stereocenters. The number of benzene rings is 3. The van der Waals surface area contributed by atoms with Crippen molar-refractivity contribution in [1.82, 2.24) is 4.98 Å². The first-order chi connectivity index (χ1) is 14.5. The highest BCUT2D eigenvalue weighted by Gasteiger charge is 2.19. The number of anilines is 1. The largest absolute Gasteiger partial charge is 0.457 e. The average Bonchev–Trinajstić information content (AvgIpc) is 2.74. The number of halogens is 1. The molecule has 30 heavy (non-hydrogen) atoms. The molecule has 1 aromatic heterocycles. The number of ether oxygens (including phenoxy) is 1. The summed E-state index contributed by atoms with van der Waals surface area (Å²) in [4.78, 5) is 4.83. The van der Waals surface area contributed by atoms with Crippen molar-refractivity contribution < 1.29 is 10.1 Å². The summed E-state index contributed by atoms with van der Waals surface area (Å²) in [6.45, 7) is 0. The van der Waals surface area contributed by atoms with E-state index in [0.717, 1.165) is 27.0 Å². The Bertz CT molecular complexity index is 1210. The van der Waals surface area contributed by atoms with Gasteiger partial charge in [-0.15, -0.1) is 0 Å². The van der Waals surface area contributed by atoms with Crippen LogP contribution in [0.2, 0.25) is 0 Å². The van der Waals surface area contributed by atoms with Gasteiger partial charge in [0.2, 0.25) is 0 Å². The van der Waals surface area contributed by atoms with Crippen LogP contribution in [-0.2, 0) is 0 Å². The van der Waals surface area contributed by atoms with Gasteiger partial charge in [-0.3, -0.25) is 11.1 Å². The minimum Gasteiger partial charge on any atom is -0.457 e. The number of pyridine rings is 1. The fourth-order valence-electron chi connectivity index (χ4n) is 3.18. The van der Waals surface area contributed by atoms with Gasteiger partial charge in [-0.05, 0) is 54.6 Å². The predicted octanol–water partition coefficient (Wildman–Crippen LogP) is 4.02. The van der Waals surface area contributed by atoms with Gasteiger partial charge in [0.1, 0.15) is 17.1 Å². The van der Waals surface area contributed by atoms with Crippen molar-refractivity contribution in [2.75, 3.05) is 5.73 Å². The lowest BCUT2D eigenvalue weighted by Gasteiger charge is -2.13. The van der Waals surface area contributed by atoms with Crippen LogP contribution in [0.5, 0.6) is 11.5 Å². The molecule has 4 rings (SSSR count). The van der Waals surface area contributed by atoms with Crippen molar-refractivity contribution in [3.8, 4) is 34.0 Å². The lowest BCUT2D eigenvalue weighted by atomic mass is 10.0. The number of aromatic nitrogens is 1. The van der Waals surface area contributed by atoms with Crippen LogP contribution in [0.15, 0.2) is 89.4 Å². The Morgan fingerprint density at radius 3 is 2.20 bits per heavy atom. The molecule has 0 bridgehead atoms. The summed E-state index contributed by atoms with van der Waals surface area (Å²) >= 11 is 3.50. The molecule has 5 nitrogen and oxygen atoms in total. The van der Waals surface area contributed by atoms with E-state index in [4.69, 9.17) is 26.6 Å². The molecule has 6 N–H and O–H groups in total. The number of hydrogen-bond acceptors (Lipinski definition) is 3. The monoisotopic (exact) mass is 459 g/mol. The first-order valence-electron chi connectivity index (χ1n) is 9.29. The Balaban J connectivity index is 1.76. The summed E-state index contributed by atoms with van der Waals surface area (Å²) in [6.07, 6.45) is 0. The topological polar surface area (TPSA) is 99.8 Å². The van der Waals surface area contributed by atoms with Gasteiger partial charge in [0, 0.05) is 15.6 Å². The molecule has 0 fully saturated rings. The summed E-state index contributed by atoms with van der Waals surface area (Å²) in [5, 5.41) is 5.94. The van der Waals surface area contributed by atoms with E-state index in [0.29, 0.717) is 22.7 Å². The van der Waals surface area contributed by atoms with Gasteiger partial charge in [-0.1, -0.05) is 46.3 Å². The number of nitrogens with two attached hydrogens (primary N) is 3. The van der Waals surface area contributed by atoms with Crippen LogP contribution >= 0.6 is 15.9 Å². The van der Waals surface area contributed by atoms with Crippen LogP contribution in [0.25, 0.3) is 22.5 Å². The maximum atomic E-state index is 6.31. The van der Waals surface area contributed by atoms with E-state index in [1.165, 1.54) is 0 Å². The summed E-state index contributed by atoms with van der Waals surface area (Å²) < 4.78 is 6.83. The molecule has 0 amide bonds. The first kappa shape index (κ1) is 19.7. The third-order valence-corrected chi connectivity index (χ3v) is 5.06. The molecular formula is C24H20BrN4O+. The number of nitrogen functional groups attached to an aromatic ring is 1. The predicted molar refractivity (Wildman–Crippen MR) is 124 cm³/mol. The number of hydrogen-bond donors (Lipinski definition) is 3. The Labute approximate surface area is 183 Å². The molecule has 0 aliphatic rings. The Morgan fingerprint density at radius 2 is 1.53 bits per heavy atom. The second-order valence-electron chi connectivity index (χ2n) is 6.73. The molecule has 0 aliphatic carbocycles. The van der Waals surface area contributed by atoms with E-state index in [1.54, 1.807) is 6.07 Å². The van der Waals surface area contributed by atoms with E-state index < -0.39 is 0 Å². The van der Waals surface area contributed by atoms with Crippen molar-refractivity contribution in [3.63, 3.8) is 0 Å². The highest BCUT2D eigenvalue weighted by molar-refractivity contribution is 9.10. The van der Waals surface area contributed by atoms with Crippen molar-refractivity contribution in [2.24, 2.45) is 5.73 Å². The number of rotatable bonds is 5. The smallest absolute Gasteiger partial charge is 0.275 e. The highest BCUT2D eigenvalue weighted by atomic mass is 79.9. The third-order valence-electron chi connectivity index (χ3n) is 4.57. The van der Waals surface area contributed by atoms with E-state index in [-0.39, 0.29) is 5.84 Å². The van der Waals surface area contributed by atoms with Crippen molar-refractivity contribution >= 4 is 27.5 Å². The molecule has 148 valence electrons. The molecule has 1 heterocycles. The second-order valence-corrected chi connectivity index (χ2v) is 7.64. The fraction of sp³-hybridized carbons (Fsp3) is 0. The Morgan fingerprint density at radius 1 is 0.833 bits per heavy atom. The minimum absolute atomic E-state index is 0.125. The van der Waals surface area contributed by atoms with Gasteiger partial charge in [-0.2, -0.15) is 0 Å². The van der Waals surface area contributed by atoms with E-state index in [1.807, 2.05) is 78.9 Å². The molecule has 4 aromatic rings. The lowest BCUT2D eigenvalue weighted by Crippen LogP contribution is -2.47. The van der Waals surface area contributed by atoms with Crippen LogP contribution in [0.3, 0.4) is 0 Å². The highest BCUT2D eigenvalue weighted by Crippen LogP contribution is 2.32. The standard InChI is InChI=1S/C24H19BrN4O/c25-17-6-4-5-16(13-17)21-14-20(26)22(24(27)28)23(29-21)15-9-11-19(12-10-15)30-18-7-2-1-3-8-18/h1-14H,(H2,26,29)(H3,27,28)/p+1. The second kappa shape index (κ2) is 8.39. The van der Waals surface area contributed by atoms with Gasteiger partial charge >= 0.3 is 0 Å².